The lowest BCUT2D eigenvalue weighted by Gasteiger charge is -1.83. The van der Waals surface area contributed by atoms with Crippen LogP contribution in [0.2, 0.25) is 5.02 Å². The Kier molecular flexibility index (Phi) is 2.68. The fourth-order valence-corrected chi connectivity index (χ4v) is 1.58. The fraction of sp³-hybridized carbons (Fsp3) is 0. The van der Waals surface area contributed by atoms with Crippen LogP contribution in [0.25, 0.3) is 6.08 Å². The summed E-state index contributed by atoms with van der Waals surface area (Å²) >= 11 is 7.10. The van der Waals surface area contributed by atoms with Crippen molar-refractivity contribution in [1.82, 2.24) is 0 Å². The van der Waals surface area contributed by atoms with E-state index in [0.717, 1.165) is 11.0 Å². The number of halogens is 1. The number of carboxylic acids is 1. The van der Waals surface area contributed by atoms with Crippen molar-refractivity contribution < 1.29 is 9.90 Å². The van der Waals surface area contributed by atoms with Crippen molar-refractivity contribution >= 4 is 35.0 Å². The number of hydrogen-bond donors (Lipinski definition) is 1. The molecule has 0 fully saturated rings. The third-order valence-electron chi connectivity index (χ3n) is 1.02. The third kappa shape index (κ3) is 2.37. The lowest BCUT2D eigenvalue weighted by Crippen LogP contribution is -1.84. The summed E-state index contributed by atoms with van der Waals surface area (Å²) in [6, 6.07) is 1.73. The molecule has 0 atom stereocenters. The van der Waals surface area contributed by atoms with Crippen LogP contribution in [-0.4, -0.2) is 11.1 Å². The number of thiophene rings is 1. The van der Waals surface area contributed by atoms with E-state index in [9.17, 15) is 4.79 Å². The van der Waals surface area contributed by atoms with Crippen LogP contribution in [0.1, 0.15) is 4.88 Å². The van der Waals surface area contributed by atoms with Crippen molar-refractivity contribution in [3.05, 3.63) is 27.4 Å². The summed E-state index contributed by atoms with van der Waals surface area (Å²) in [5, 5.41) is 10.7. The van der Waals surface area contributed by atoms with E-state index in [1.807, 2.05) is 5.38 Å². The van der Waals surface area contributed by atoms with Crippen LogP contribution < -0.4 is 0 Å². The molecule has 4 heteroatoms. The van der Waals surface area contributed by atoms with Gasteiger partial charge in [-0.15, -0.1) is 11.3 Å². The Morgan fingerprint density at radius 1 is 1.73 bits per heavy atom. The SMILES string of the molecule is O=C(O)/C=C\c1sccc1Cl. The topological polar surface area (TPSA) is 37.3 Å². The number of hydrogen-bond acceptors (Lipinski definition) is 2. The van der Waals surface area contributed by atoms with E-state index in [1.165, 1.54) is 17.4 Å². The van der Waals surface area contributed by atoms with Crippen molar-refractivity contribution in [3.8, 4) is 0 Å². The van der Waals surface area contributed by atoms with Crippen LogP contribution in [-0.2, 0) is 4.79 Å². The summed E-state index contributed by atoms with van der Waals surface area (Å²) in [7, 11) is 0. The average molecular weight is 189 g/mol. The normalized spacial score (nSPS) is 10.6. The Bertz CT molecular complexity index is 290. The molecule has 0 aliphatic heterocycles. The molecule has 0 bridgehead atoms. The van der Waals surface area contributed by atoms with Crippen LogP contribution >= 0.6 is 22.9 Å². The quantitative estimate of drug-likeness (QED) is 0.725. The smallest absolute Gasteiger partial charge is 0.328 e. The molecule has 11 heavy (non-hydrogen) atoms. The molecular weight excluding hydrogens is 184 g/mol. The summed E-state index contributed by atoms with van der Waals surface area (Å²) < 4.78 is 0. The van der Waals surface area contributed by atoms with Gasteiger partial charge in [-0.05, 0) is 17.5 Å². The largest absolute Gasteiger partial charge is 0.478 e. The number of carboxylic acid groups (broad SMARTS) is 1. The summed E-state index contributed by atoms with van der Waals surface area (Å²) in [4.78, 5) is 10.9. The lowest BCUT2D eigenvalue weighted by molar-refractivity contribution is -0.131. The molecular formula is C7H5ClO2S. The first-order valence-corrected chi connectivity index (χ1v) is 4.10. The standard InChI is InChI=1S/C7H5ClO2S/c8-5-3-4-11-6(5)1-2-7(9)10/h1-4H,(H,9,10)/b2-1-. The highest BCUT2D eigenvalue weighted by Gasteiger charge is 1.96. The second-order valence-corrected chi connectivity index (χ2v) is 3.16. The van der Waals surface area contributed by atoms with Gasteiger partial charge in [0.05, 0.1) is 5.02 Å². The first kappa shape index (κ1) is 8.30. The first-order valence-electron chi connectivity index (χ1n) is 2.84. The monoisotopic (exact) mass is 188 g/mol. The van der Waals surface area contributed by atoms with Gasteiger partial charge in [0.1, 0.15) is 0 Å². The lowest BCUT2D eigenvalue weighted by atomic mass is 10.4. The molecule has 0 saturated heterocycles. The maximum Gasteiger partial charge on any atom is 0.328 e. The van der Waals surface area contributed by atoms with E-state index in [0.29, 0.717) is 5.02 Å². The average Bonchev–Trinajstić information content (AvgIpc) is 2.31. The molecule has 1 aromatic rings. The summed E-state index contributed by atoms with van der Waals surface area (Å²) in [5.41, 5.74) is 0. The summed E-state index contributed by atoms with van der Waals surface area (Å²) in [6.07, 6.45) is 2.55. The molecule has 0 aliphatic rings. The molecule has 58 valence electrons. The van der Waals surface area contributed by atoms with Crippen molar-refractivity contribution in [2.24, 2.45) is 0 Å². The number of aliphatic carboxylic acids is 1. The van der Waals surface area contributed by atoms with E-state index in [1.54, 1.807) is 6.07 Å². The molecule has 1 N–H and O–H groups in total. The van der Waals surface area contributed by atoms with Gasteiger partial charge in [0.15, 0.2) is 0 Å². The van der Waals surface area contributed by atoms with E-state index in [-0.39, 0.29) is 0 Å². The molecule has 0 amide bonds. The van der Waals surface area contributed by atoms with E-state index >= 15 is 0 Å². The van der Waals surface area contributed by atoms with Crippen LogP contribution in [0.4, 0.5) is 0 Å². The predicted molar refractivity (Wildman–Crippen MR) is 46.0 cm³/mol. The van der Waals surface area contributed by atoms with Crippen LogP contribution in [0.15, 0.2) is 17.5 Å². The second-order valence-electron chi connectivity index (χ2n) is 1.80. The number of rotatable bonds is 2. The fourth-order valence-electron chi connectivity index (χ4n) is 0.571. The molecule has 2 nitrogen and oxygen atoms in total. The van der Waals surface area contributed by atoms with E-state index < -0.39 is 5.97 Å². The minimum absolute atomic E-state index is 0.590. The van der Waals surface area contributed by atoms with Gasteiger partial charge in [0.2, 0.25) is 0 Å². The highest BCUT2D eigenvalue weighted by Crippen LogP contribution is 2.22. The van der Waals surface area contributed by atoms with Gasteiger partial charge in [0.25, 0.3) is 0 Å². The maximum absolute atomic E-state index is 10.1. The Hall–Kier alpha value is -0.800. The van der Waals surface area contributed by atoms with Gasteiger partial charge in [-0.3, -0.25) is 0 Å². The Morgan fingerprint density at radius 3 is 2.91 bits per heavy atom. The zero-order chi connectivity index (χ0) is 8.27. The van der Waals surface area contributed by atoms with Gasteiger partial charge in [0, 0.05) is 11.0 Å². The van der Waals surface area contributed by atoms with E-state index in [2.05, 4.69) is 0 Å². The maximum atomic E-state index is 10.1. The van der Waals surface area contributed by atoms with Crippen LogP contribution in [0.5, 0.6) is 0 Å². The highest BCUT2D eigenvalue weighted by molar-refractivity contribution is 7.11. The Labute approximate surface area is 72.7 Å². The molecule has 1 aromatic heterocycles. The molecule has 0 saturated carbocycles. The zero-order valence-corrected chi connectivity index (χ0v) is 7.02. The molecule has 0 aliphatic carbocycles. The van der Waals surface area contributed by atoms with Gasteiger partial charge >= 0.3 is 5.97 Å². The van der Waals surface area contributed by atoms with Crippen molar-refractivity contribution in [3.63, 3.8) is 0 Å². The van der Waals surface area contributed by atoms with Gasteiger partial charge in [-0.2, -0.15) is 0 Å². The van der Waals surface area contributed by atoms with Crippen molar-refractivity contribution in [1.29, 1.82) is 0 Å². The molecule has 0 aromatic carbocycles. The minimum atomic E-state index is -0.963. The molecule has 0 radical (unpaired) electrons. The minimum Gasteiger partial charge on any atom is -0.478 e. The highest BCUT2D eigenvalue weighted by atomic mass is 35.5. The molecule has 0 spiro atoms. The van der Waals surface area contributed by atoms with Crippen LogP contribution in [0, 0.1) is 0 Å². The molecule has 1 heterocycles. The Balaban J connectivity index is 2.79. The van der Waals surface area contributed by atoms with Crippen molar-refractivity contribution in [2.75, 3.05) is 0 Å². The van der Waals surface area contributed by atoms with Crippen LogP contribution in [0.3, 0.4) is 0 Å². The molecule has 1 rings (SSSR count). The first-order chi connectivity index (χ1) is 5.20. The zero-order valence-electron chi connectivity index (χ0n) is 5.45. The summed E-state index contributed by atoms with van der Waals surface area (Å²) in [6.45, 7) is 0. The summed E-state index contributed by atoms with van der Waals surface area (Å²) in [5.74, 6) is -0.963. The predicted octanol–water partition coefficient (Wildman–Crippen LogP) is 2.50. The molecule has 0 unspecified atom stereocenters. The second kappa shape index (κ2) is 3.55. The van der Waals surface area contributed by atoms with Gasteiger partial charge in [-0.25, -0.2) is 4.79 Å². The van der Waals surface area contributed by atoms with Gasteiger partial charge in [-0.1, -0.05) is 11.6 Å². The van der Waals surface area contributed by atoms with Crippen molar-refractivity contribution in [2.45, 2.75) is 0 Å². The van der Waals surface area contributed by atoms with Gasteiger partial charge < -0.3 is 5.11 Å². The Morgan fingerprint density at radius 2 is 2.45 bits per heavy atom. The van der Waals surface area contributed by atoms with E-state index in [4.69, 9.17) is 16.7 Å². The number of carbonyl (C=O) groups is 1. The third-order valence-corrected chi connectivity index (χ3v) is 2.35.